The number of carbonyl (C=O) groups is 1. The minimum Gasteiger partial charge on any atom is -0.453 e. The first-order valence-corrected chi connectivity index (χ1v) is 12.4. The minimum atomic E-state index is -0.380. The topological polar surface area (TPSA) is 66.0 Å². The van der Waals surface area contributed by atoms with E-state index in [0.29, 0.717) is 39.3 Å². The molecule has 194 valence electrons. The maximum Gasteiger partial charge on any atom is 0.409 e. The van der Waals surface area contributed by atoms with Gasteiger partial charge in [0.15, 0.2) is 5.96 Å². The number of likely N-dealkylation sites (tertiary alicyclic amines) is 1. The molecule has 1 saturated heterocycles. The van der Waals surface area contributed by atoms with Gasteiger partial charge >= 0.3 is 6.09 Å². The third-order valence-corrected chi connectivity index (χ3v) is 6.44. The van der Waals surface area contributed by atoms with Crippen LogP contribution in [-0.2, 0) is 10.2 Å². The number of hydrogen-bond acceptors (Lipinski definition) is 5. The zero-order valence-corrected chi connectivity index (χ0v) is 22.8. The Morgan fingerprint density at radius 1 is 1.29 bits per heavy atom. The number of halogens is 3. The van der Waals surface area contributed by atoms with Crippen LogP contribution in [0.4, 0.5) is 13.6 Å². The fourth-order valence-corrected chi connectivity index (χ4v) is 4.19. The highest BCUT2D eigenvalue weighted by Gasteiger charge is 2.38. The van der Waals surface area contributed by atoms with Crippen LogP contribution in [0.2, 0.25) is 0 Å². The Hall–Kier alpha value is -2.68. The van der Waals surface area contributed by atoms with Gasteiger partial charge in [-0.25, -0.2) is 14.2 Å². The Morgan fingerprint density at radius 2 is 1.89 bits per heavy atom. The summed E-state index contributed by atoms with van der Waals surface area (Å²) in [7, 11) is 1.91. The normalized spacial score (nSPS) is 17.0. The molecule has 6 nitrogen and oxygen atoms in total. The van der Waals surface area contributed by atoms with Crippen LogP contribution in [0.15, 0.2) is 69.6 Å². The van der Waals surface area contributed by atoms with Gasteiger partial charge in [0.1, 0.15) is 5.83 Å². The summed E-state index contributed by atoms with van der Waals surface area (Å²) < 4.78 is 28.9. The number of nitrogens with zero attached hydrogens (tertiary/aromatic N) is 2. The van der Waals surface area contributed by atoms with Crippen molar-refractivity contribution in [2.45, 2.75) is 39.0 Å². The molecule has 0 atom stereocenters. The lowest BCUT2D eigenvalue weighted by Gasteiger charge is -2.42. The summed E-state index contributed by atoms with van der Waals surface area (Å²) in [6.07, 6.45) is 3.94. The van der Waals surface area contributed by atoms with Crippen LogP contribution < -0.4 is 10.6 Å². The van der Waals surface area contributed by atoms with E-state index >= 15 is 0 Å². The van der Waals surface area contributed by atoms with Gasteiger partial charge in [-0.2, -0.15) is 0 Å². The summed E-state index contributed by atoms with van der Waals surface area (Å²) in [5.74, 6) is 0.287. The summed E-state index contributed by atoms with van der Waals surface area (Å²) in [4.78, 5) is 18.2. The molecule has 1 fully saturated rings. The second-order valence-corrected chi connectivity index (χ2v) is 8.69. The fraction of sp³-hybridized carbons (Fsp3) is 0.462. The van der Waals surface area contributed by atoms with Crippen molar-refractivity contribution in [1.29, 1.82) is 0 Å². The first kappa shape index (κ1) is 30.4. The number of piperidine rings is 1. The molecule has 0 radical (unpaired) electrons. The van der Waals surface area contributed by atoms with Crippen molar-refractivity contribution in [3.63, 3.8) is 0 Å². The van der Waals surface area contributed by atoms with Gasteiger partial charge in [-0.1, -0.05) is 48.5 Å². The number of carbonyl (C=O) groups excluding carboxylic acids is 1. The number of methoxy groups -OCH3 is 1. The zero-order chi connectivity index (χ0) is 26.4. The van der Waals surface area contributed by atoms with Crippen LogP contribution in [0.3, 0.4) is 0 Å². The highest BCUT2D eigenvalue weighted by atomic mass is 79.9. The van der Waals surface area contributed by atoms with Crippen LogP contribution in [-0.4, -0.2) is 57.4 Å². The molecule has 0 bridgehead atoms. The maximum atomic E-state index is 13.5. The maximum absolute atomic E-state index is 13.5. The van der Waals surface area contributed by atoms with Gasteiger partial charge in [-0.3, -0.25) is 4.39 Å². The largest absolute Gasteiger partial charge is 0.453 e. The van der Waals surface area contributed by atoms with E-state index in [1.54, 1.807) is 4.90 Å². The number of alkyl halides is 1. The number of ether oxygens (including phenoxy) is 1. The number of guanidine groups is 1. The van der Waals surface area contributed by atoms with Gasteiger partial charge in [0, 0.05) is 35.2 Å². The van der Waals surface area contributed by atoms with Gasteiger partial charge in [0.25, 0.3) is 0 Å². The fourth-order valence-electron chi connectivity index (χ4n) is 3.93. The van der Waals surface area contributed by atoms with Gasteiger partial charge < -0.3 is 20.3 Å². The summed E-state index contributed by atoms with van der Waals surface area (Å²) >= 11 is 3.50. The van der Waals surface area contributed by atoms with E-state index in [4.69, 9.17) is 4.74 Å². The number of allylic oxidation sites excluding steroid dienone is 3. The molecule has 9 heteroatoms. The van der Waals surface area contributed by atoms with Crippen LogP contribution in [0.5, 0.6) is 0 Å². The molecule has 0 spiro atoms. The summed E-state index contributed by atoms with van der Waals surface area (Å²) in [6, 6.07) is 8.34. The molecule has 3 rings (SSSR count). The smallest absolute Gasteiger partial charge is 0.409 e. The van der Waals surface area contributed by atoms with Crippen LogP contribution >= 0.6 is 15.9 Å². The molecule has 2 heterocycles. The molecule has 35 heavy (non-hydrogen) atoms. The summed E-state index contributed by atoms with van der Waals surface area (Å²) in [5, 5.41) is 6.68. The monoisotopic (exact) mass is 554 g/mol. The van der Waals surface area contributed by atoms with E-state index in [1.807, 2.05) is 32.9 Å². The molecule has 2 N–H and O–H groups in total. The highest BCUT2D eigenvalue weighted by molar-refractivity contribution is 9.10. The first-order chi connectivity index (χ1) is 16.9. The average molecular weight is 556 g/mol. The van der Waals surface area contributed by atoms with Crippen molar-refractivity contribution in [3.8, 4) is 0 Å². The number of amides is 1. The number of hydrogen-bond donors (Lipinski definition) is 2. The first-order valence-electron chi connectivity index (χ1n) is 11.6. The van der Waals surface area contributed by atoms with Crippen molar-refractivity contribution < 1.29 is 18.3 Å². The second-order valence-electron chi connectivity index (χ2n) is 7.77. The standard InChI is InChI=1S/C23H28BrFN4O2.C2H6.CH3F/c1-4-20(25)13-17-14-26-21(28-16(17)2)27-15-23(18-5-7-19(24)8-6-18)9-11-29(12-10-23)22(30)31-3;2*1-2/h4-8,13H,1,9-12,14-15H2,2-3H3,(H2,26,27,28);1-2H3;1H3/b20-13+;;. The highest BCUT2D eigenvalue weighted by Crippen LogP contribution is 2.36. The van der Waals surface area contributed by atoms with E-state index < -0.39 is 0 Å². The molecule has 1 aromatic carbocycles. The van der Waals surface area contributed by atoms with Gasteiger partial charge in [-0.15, -0.1) is 0 Å². The van der Waals surface area contributed by atoms with Crippen molar-refractivity contribution in [3.05, 3.63) is 70.1 Å². The summed E-state index contributed by atoms with van der Waals surface area (Å²) in [5.41, 5.74) is 2.71. The zero-order valence-electron chi connectivity index (χ0n) is 21.3. The molecular formula is C26H37BrF2N4O2. The lowest BCUT2D eigenvalue weighted by Crippen LogP contribution is -2.52. The molecule has 1 amide bonds. The van der Waals surface area contributed by atoms with Crippen molar-refractivity contribution >= 4 is 28.0 Å². The molecule has 0 saturated carbocycles. The predicted octanol–water partition coefficient (Wildman–Crippen LogP) is 6.02. The third-order valence-electron chi connectivity index (χ3n) is 5.91. The Kier molecular flexibility index (Phi) is 13.3. The van der Waals surface area contributed by atoms with Crippen molar-refractivity contribution in [1.82, 2.24) is 15.5 Å². The number of rotatable bonds is 5. The Bertz CT molecular complexity index is 922. The average Bonchev–Trinajstić information content (AvgIpc) is 2.91. The van der Waals surface area contributed by atoms with E-state index in [1.165, 1.54) is 24.8 Å². The lowest BCUT2D eigenvalue weighted by atomic mass is 9.72. The molecule has 0 aromatic heterocycles. The van der Waals surface area contributed by atoms with E-state index in [9.17, 15) is 13.6 Å². The third kappa shape index (κ3) is 8.49. The second kappa shape index (κ2) is 15.3. The van der Waals surface area contributed by atoms with Crippen molar-refractivity contribution in [2.24, 2.45) is 4.99 Å². The number of benzene rings is 1. The van der Waals surface area contributed by atoms with Crippen molar-refractivity contribution in [2.75, 3.05) is 40.5 Å². The van der Waals surface area contributed by atoms with E-state index in [-0.39, 0.29) is 17.3 Å². The van der Waals surface area contributed by atoms with E-state index in [0.717, 1.165) is 28.6 Å². The molecule has 0 aliphatic carbocycles. The molecule has 2 aliphatic rings. The quantitative estimate of drug-likeness (QED) is 0.436. The van der Waals surface area contributed by atoms with Crippen LogP contribution in [0.1, 0.15) is 39.2 Å². The number of aliphatic imine (C=N–C) groups is 1. The summed E-state index contributed by atoms with van der Waals surface area (Å²) in [6.45, 7) is 11.6. The Morgan fingerprint density at radius 3 is 2.40 bits per heavy atom. The SMILES string of the molecule is C=C/C(F)=C\C1=C(C)NC(NCC2(c3ccc(Br)cc3)CCN(C(=O)OC)CC2)=NC1.CC.CF. The van der Waals surface area contributed by atoms with Crippen LogP contribution in [0, 0.1) is 0 Å². The Balaban J connectivity index is 0.00000145. The predicted molar refractivity (Wildman–Crippen MR) is 143 cm³/mol. The molecular weight excluding hydrogens is 518 g/mol. The minimum absolute atomic E-state index is 0.151. The Labute approximate surface area is 216 Å². The lowest BCUT2D eigenvalue weighted by molar-refractivity contribution is 0.0994. The molecule has 1 aromatic rings. The van der Waals surface area contributed by atoms with Crippen LogP contribution in [0.25, 0.3) is 0 Å². The number of nitrogens with one attached hydrogen (secondary N) is 2. The van der Waals surface area contributed by atoms with Gasteiger partial charge in [0.05, 0.1) is 20.8 Å². The van der Waals surface area contributed by atoms with E-state index in [2.05, 4.69) is 50.3 Å². The molecule has 0 unspecified atom stereocenters. The van der Waals surface area contributed by atoms with Gasteiger partial charge in [0.2, 0.25) is 0 Å². The van der Waals surface area contributed by atoms with Gasteiger partial charge in [-0.05, 0) is 55.2 Å². The molecule has 2 aliphatic heterocycles.